The average molecular weight is 614 g/mol. The van der Waals surface area contributed by atoms with Gasteiger partial charge in [-0.3, -0.25) is 19.8 Å². The SMILES string of the molecule is Cc1cc(COc2ccccc2Br)c(C)c(C2C(C#N)=C(N)N(c3cc([N+](=O)[O-])ccc3C)C3=C2C(=O)CCC3)c1. The van der Waals surface area contributed by atoms with Crippen LogP contribution in [0.15, 0.2) is 81.7 Å². The van der Waals surface area contributed by atoms with Gasteiger partial charge in [-0.05, 0) is 83.9 Å². The van der Waals surface area contributed by atoms with Crippen LogP contribution in [0.4, 0.5) is 11.4 Å². The lowest BCUT2D eigenvalue weighted by Gasteiger charge is -2.40. The summed E-state index contributed by atoms with van der Waals surface area (Å²) in [6, 6.07) is 18.5. The molecule has 2 N–H and O–H groups in total. The highest BCUT2D eigenvalue weighted by atomic mass is 79.9. The van der Waals surface area contributed by atoms with Crippen LogP contribution < -0.4 is 15.4 Å². The quantitative estimate of drug-likeness (QED) is 0.231. The molecule has 0 radical (unpaired) electrons. The molecule has 0 aromatic heterocycles. The van der Waals surface area contributed by atoms with Gasteiger partial charge in [0.2, 0.25) is 0 Å². The summed E-state index contributed by atoms with van der Waals surface area (Å²) in [6.45, 7) is 6.08. The number of nitro groups is 1. The second-order valence-electron chi connectivity index (χ2n) is 10.4. The predicted molar refractivity (Wildman–Crippen MR) is 160 cm³/mol. The molecule has 0 fully saturated rings. The van der Waals surface area contributed by atoms with E-state index in [0.717, 1.165) is 32.3 Å². The molecule has 2 aliphatic rings. The summed E-state index contributed by atoms with van der Waals surface area (Å²) in [5.74, 6) is 0.197. The number of hydrogen-bond donors (Lipinski definition) is 1. The molecule has 41 heavy (non-hydrogen) atoms. The van der Waals surface area contributed by atoms with Crippen molar-refractivity contribution in [3.8, 4) is 11.8 Å². The minimum Gasteiger partial charge on any atom is -0.488 e. The van der Waals surface area contributed by atoms with E-state index in [1.54, 1.807) is 11.0 Å². The second-order valence-corrected chi connectivity index (χ2v) is 11.3. The van der Waals surface area contributed by atoms with Crippen molar-refractivity contribution in [3.05, 3.63) is 120 Å². The van der Waals surface area contributed by atoms with E-state index in [1.807, 2.05) is 57.2 Å². The monoisotopic (exact) mass is 612 g/mol. The van der Waals surface area contributed by atoms with Crippen LogP contribution in [-0.2, 0) is 11.4 Å². The highest BCUT2D eigenvalue weighted by molar-refractivity contribution is 9.10. The number of aryl methyl sites for hydroxylation is 2. The molecule has 0 spiro atoms. The van der Waals surface area contributed by atoms with Gasteiger partial charge in [0.15, 0.2) is 5.78 Å². The van der Waals surface area contributed by atoms with E-state index in [9.17, 15) is 20.2 Å². The van der Waals surface area contributed by atoms with Gasteiger partial charge < -0.3 is 10.5 Å². The maximum Gasteiger partial charge on any atom is 0.271 e. The molecule has 1 aliphatic heterocycles. The first-order valence-electron chi connectivity index (χ1n) is 13.3. The minimum absolute atomic E-state index is 0.0449. The highest BCUT2D eigenvalue weighted by Crippen LogP contribution is 2.48. The fraction of sp³-hybridized carbons (Fsp3) is 0.250. The maximum absolute atomic E-state index is 13.7. The molecule has 1 heterocycles. The number of anilines is 1. The van der Waals surface area contributed by atoms with Gasteiger partial charge >= 0.3 is 0 Å². The lowest BCUT2D eigenvalue weighted by molar-refractivity contribution is -0.384. The molecule has 3 aromatic carbocycles. The van der Waals surface area contributed by atoms with Gasteiger partial charge in [0, 0.05) is 29.8 Å². The van der Waals surface area contributed by atoms with E-state index in [-0.39, 0.29) is 22.9 Å². The van der Waals surface area contributed by atoms with Crippen molar-refractivity contribution >= 4 is 33.1 Å². The molecule has 1 aliphatic carbocycles. The number of nitriles is 1. The van der Waals surface area contributed by atoms with Crippen molar-refractivity contribution in [2.75, 3.05) is 4.90 Å². The second kappa shape index (κ2) is 11.2. The average Bonchev–Trinajstić information content (AvgIpc) is 2.94. The minimum atomic E-state index is -0.653. The Morgan fingerprint density at radius 1 is 1.15 bits per heavy atom. The number of halogens is 1. The molecular formula is C32H29BrN4O4. The number of nitrogens with two attached hydrogens (primary N) is 1. The summed E-state index contributed by atoms with van der Waals surface area (Å²) in [5.41, 5.74) is 13.0. The Morgan fingerprint density at radius 2 is 1.90 bits per heavy atom. The van der Waals surface area contributed by atoms with Gasteiger partial charge in [0.1, 0.15) is 18.2 Å². The van der Waals surface area contributed by atoms with Gasteiger partial charge in [0.05, 0.1) is 32.6 Å². The molecule has 208 valence electrons. The van der Waals surface area contributed by atoms with Crippen molar-refractivity contribution in [2.24, 2.45) is 5.73 Å². The summed E-state index contributed by atoms with van der Waals surface area (Å²) in [7, 11) is 0. The van der Waals surface area contributed by atoms with E-state index in [2.05, 4.69) is 22.0 Å². The molecule has 0 bridgehead atoms. The van der Waals surface area contributed by atoms with Gasteiger partial charge in [-0.2, -0.15) is 5.26 Å². The number of ketones is 1. The first-order chi connectivity index (χ1) is 19.6. The largest absolute Gasteiger partial charge is 0.488 e. The zero-order valence-electron chi connectivity index (χ0n) is 23.0. The fourth-order valence-corrected chi connectivity index (χ4v) is 6.15. The van der Waals surface area contributed by atoms with Crippen molar-refractivity contribution in [3.63, 3.8) is 0 Å². The normalized spacial score (nSPS) is 16.9. The van der Waals surface area contributed by atoms with Crippen LogP contribution in [0.1, 0.15) is 53.0 Å². The number of carbonyl (C=O) groups excluding carboxylic acids is 1. The topological polar surface area (TPSA) is 122 Å². The van der Waals surface area contributed by atoms with Crippen molar-refractivity contribution in [2.45, 2.75) is 52.6 Å². The number of non-ortho nitro benzene ring substituents is 1. The summed E-state index contributed by atoms with van der Waals surface area (Å²) in [4.78, 5) is 26.5. The van der Waals surface area contributed by atoms with Gasteiger partial charge in [-0.25, -0.2) is 0 Å². The number of carbonyl (C=O) groups is 1. The molecule has 8 nitrogen and oxygen atoms in total. The highest BCUT2D eigenvalue weighted by Gasteiger charge is 2.41. The first-order valence-corrected chi connectivity index (χ1v) is 14.1. The predicted octanol–water partition coefficient (Wildman–Crippen LogP) is 7.17. The zero-order valence-corrected chi connectivity index (χ0v) is 24.6. The Labute approximate surface area is 247 Å². The molecule has 1 unspecified atom stereocenters. The number of hydrogen-bond acceptors (Lipinski definition) is 7. The number of ether oxygens (including phenoxy) is 1. The summed E-state index contributed by atoms with van der Waals surface area (Å²) in [6.07, 6.45) is 1.54. The zero-order chi connectivity index (χ0) is 29.4. The van der Waals surface area contributed by atoms with Crippen molar-refractivity contribution < 1.29 is 14.5 Å². The third-order valence-electron chi connectivity index (χ3n) is 7.79. The molecule has 0 saturated carbocycles. The lowest BCUT2D eigenvalue weighted by atomic mass is 9.73. The third kappa shape index (κ3) is 5.11. The molecular weight excluding hydrogens is 584 g/mol. The third-order valence-corrected chi connectivity index (χ3v) is 8.44. The summed E-state index contributed by atoms with van der Waals surface area (Å²) < 4.78 is 6.98. The number of Topliss-reactive ketones (excluding diaryl/α,β-unsaturated/α-hetero) is 1. The standard InChI is InChI=1S/C32H29BrN4O4/c1-18-13-21(17-41-29-10-5-4-7-25(29)33)20(3)23(14-18)30-24(16-34)32(35)36(26-8-6-9-28(38)31(26)30)27-15-22(37(39)40)12-11-19(27)2/h4-5,7,10-15,30H,6,8-9,17,35H2,1-3H3. The molecule has 1 atom stereocenters. The summed E-state index contributed by atoms with van der Waals surface area (Å²) >= 11 is 3.52. The molecule has 3 aromatic rings. The van der Waals surface area contributed by atoms with E-state index in [0.29, 0.717) is 48.6 Å². The van der Waals surface area contributed by atoms with Crippen LogP contribution in [0.25, 0.3) is 0 Å². The van der Waals surface area contributed by atoms with Crippen LogP contribution in [0.2, 0.25) is 0 Å². The smallest absolute Gasteiger partial charge is 0.271 e. The number of nitro benzene ring substituents is 1. The first kappa shape index (κ1) is 28.1. The number of rotatable bonds is 6. The van der Waals surface area contributed by atoms with Crippen LogP contribution in [0.3, 0.4) is 0 Å². The molecule has 5 rings (SSSR count). The number of benzene rings is 3. The van der Waals surface area contributed by atoms with Gasteiger partial charge in [0.25, 0.3) is 5.69 Å². The van der Waals surface area contributed by atoms with E-state index in [4.69, 9.17) is 10.5 Å². The Morgan fingerprint density at radius 3 is 2.61 bits per heavy atom. The molecule has 0 saturated heterocycles. The van der Waals surface area contributed by atoms with Crippen LogP contribution in [0.5, 0.6) is 5.75 Å². The Hall–Kier alpha value is -4.42. The lowest BCUT2D eigenvalue weighted by Crippen LogP contribution is -2.39. The van der Waals surface area contributed by atoms with Crippen LogP contribution >= 0.6 is 15.9 Å². The van der Waals surface area contributed by atoms with Crippen molar-refractivity contribution in [1.29, 1.82) is 5.26 Å². The Kier molecular flexibility index (Phi) is 7.70. The fourth-order valence-electron chi connectivity index (χ4n) is 5.76. The van der Waals surface area contributed by atoms with Crippen LogP contribution in [-0.4, -0.2) is 10.7 Å². The summed E-state index contributed by atoms with van der Waals surface area (Å²) in [5, 5.41) is 22.1. The number of nitrogens with zero attached hydrogens (tertiary/aromatic N) is 3. The van der Waals surface area contributed by atoms with Gasteiger partial charge in [-0.1, -0.05) is 35.9 Å². The van der Waals surface area contributed by atoms with E-state index >= 15 is 0 Å². The Bertz CT molecular complexity index is 1700. The number of allylic oxidation sites excluding steroid dienone is 3. The Balaban J connectivity index is 1.67. The molecule has 9 heteroatoms. The van der Waals surface area contributed by atoms with E-state index in [1.165, 1.54) is 12.1 Å². The molecule has 0 amide bonds. The number of para-hydroxylation sites is 1. The van der Waals surface area contributed by atoms with E-state index < -0.39 is 10.8 Å². The maximum atomic E-state index is 13.7. The van der Waals surface area contributed by atoms with Crippen LogP contribution in [0, 0.1) is 42.2 Å². The van der Waals surface area contributed by atoms with Gasteiger partial charge in [-0.15, -0.1) is 0 Å². The van der Waals surface area contributed by atoms with Crippen molar-refractivity contribution in [1.82, 2.24) is 0 Å².